The molecule has 1 aromatic rings. The van der Waals surface area contributed by atoms with E-state index in [2.05, 4.69) is 26.1 Å². The van der Waals surface area contributed by atoms with Crippen LogP contribution in [0.4, 0.5) is 0 Å². The number of hydrogen-bond donors (Lipinski definition) is 1. The lowest BCUT2D eigenvalue weighted by atomic mass is 9.91. The summed E-state index contributed by atoms with van der Waals surface area (Å²) in [5.74, 6) is 1.62. The van der Waals surface area contributed by atoms with Crippen molar-refractivity contribution >= 4 is 11.8 Å². The van der Waals surface area contributed by atoms with E-state index in [0.717, 1.165) is 31.5 Å². The zero-order valence-electron chi connectivity index (χ0n) is 17.8. The summed E-state index contributed by atoms with van der Waals surface area (Å²) in [7, 11) is 3.21. The van der Waals surface area contributed by atoms with Crippen LogP contribution in [0.5, 0.6) is 11.5 Å². The van der Waals surface area contributed by atoms with Crippen molar-refractivity contribution in [3.8, 4) is 11.5 Å². The SMILES string of the molecule is COc1ccc(CCC(=O)NC2CCN(C(=O)CC(C)(C)C)CC2)cc1OC. The van der Waals surface area contributed by atoms with Crippen molar-refractivity contribution in [2.24, 2.45) is 5.41 Å². The normalized spacial score (nSPS) is 15.2. The number of rotatable bonds is 7. The second kappa shape index (κ2) is 9.80. The molecule has 1 N–H and O–H groups in total. The molecule has 0 bridgehead atoms. The molecular weight excluding hydrogens is 356 g/mol. The van der Waals surface area contributed by atoms with E-state index in [1.54, 1.807) is 14.2 Å². The molecule has 28 heavy (non-hydrogen) atoms. The molecule has 0 atom stereocenters. The van der Waals surface area contributed by atoms with Crippen LogP contribution in [0.3, 0.4) is 0 Å². The van der Waals surface area contributed by atoms with Crippen LogP contribution >= 0.6 is 0 Å². The first kappa shape index (κ1) is 22.1. The van der Waals surface area contributed by atoms with Gasteiger partial charge in [-0.3, -0.25) is 9.59 Å². The van der Waals surface area contributed by atoms with Gasteiger partial charge >= 0.3 is 0 Å². The van der Waals surface area contributed by atoms with Crippen LogP contribution in [-0.4, -0.2) is 50.1 Å². The summed E-state index contributed by atoms with van der Waals surface area (Å²) in [6.07, 6.45) is 3.28. The smallest absolute Gasteiger partial charge is 0.223 e. The molecule has 2 amide bonds. The van der Waals surface area contributed by atoms with Crippen LogP contribution in [0.25, 0.3) is 0 Å². The van der Waals surface area contributed by atoms with Crippen LogP contribution in [0.1, 0.15) is 52.0 Å². The summed E-state index contributed by atoms with van der Waals surface area (Å²) in [5.41, 5.74) is 1.04. The maximum atomic E-state index is 12.3. The van der Waals surface area contributed by atoms with E-state index in [0.29, 0.717) is 30.8 Å². The number of hydrogen-bond acceptors (Lipinski definition) is 4. The van der Waals surface area contributed by atoms with Crippen molar-refractivity contribution < 1.29 is 19.1 Å². The van der Waals surface area contributed by atoms with Gasteiger partial charge < -0.3 is 19.7 Å². The third-order valence-corrected chi connectivity index (χ3v) is 4.98. The minimum absolute atomic E-state index is 0.00624. The summed E-state index contributed by atoms with van der Waals surface area (Å²) in [5, 5.41) is 3.12. The average molecular weight is 391 g/mol. The van der Waals surface area contributed by atoms with Gasteiger partial charge in [0.25, 0.3) is 0 Å². The van der Waals surface area contributed by atoms with E-state index in [4.69, 9.17) is 9.47 Å². The van der Waals surface area contributed by atoms with Crippen LogP contribution in [0.15, 0.2) is 18.2 Å². The van der Waals surface area contributed by atoms with Gasteiger partial charge in [-0.15, -0.1) is 0 Å². The number of carbonyl (C=O) groups excluding carboxylic acids is 2. The summed E-state index contributed by atoms with van der Waals surface area (Å²) in [4.78, 5) is 26.6. The Balaban J connectivity index is 1.75. The fraction of sp³-hybridized carbons (Fsp3) is 0.636. The Morgan fingerprint density at radius 1 is 1.11 bits per heavy atom. The lowest BCUT2D eigenvalue weighted by Gasteiger charge is -2.34. The second-order valence-electron chi connectivity index (χ2n) is 8.65. The highest BCUT2D eigenvalue weighted by molar-refractivity contribution is 5.77. The van der Waals surface area contributed by atoms with E-state index in [9.17, 15) is 9.59 Å². The first-order chi connectivity index (χ1) is 13.2. The quantitative estimate of drug-likeness (QED) is 0.776. The number of amides is 2. The molecule has 1 fully saturated rings. The van der Waals surface area contributed by atoms with Gasteiger partial charge in [0.05, 0.1) is 14.2 Å². The Kier molecular flexibility index (Phi) is 7.72. The largest absolute Gasteiger partial charge is 0.493 e. The summed E-state index contributed by atoms with van der Waals surface area (Å²) in [6.45, 7) is 7.67. The molecule has 0 radical (unpaired) electrons. The van der Waals surface area contributed by atoms with Crippen molar-refractivity contribution in [2.75, 3.05) is 27.3 Å². The van der Waals surface area contributed by atoms with Crippen LogP contribution in [0.2, 0.25) is 0 Å². The number of nitrogens with one attached hydrogen (secondary N) is 1. The van der Waals surface area contributed by atoms with Gasteiger partial charge in [-0.1, -0.05) is 26.8 Å². The van der Waals surface area contributed by atoms with Crippen molar-refractivity contribution in [3.05, 3.63) is 23.8 Å². The van der Waals surface area contributed by atoms with Gasteiger partial charge in [0.2, 0.25) is 11.8 Å². The number of nitrogens with zero attached hydrogens (tertiary/aromatic N) is 1. The second-order valence-corrected chi connectivity index (χ2v) is 8.65. The predicted molar refractivity (Wildman–Crippen MR) is 110 cm³/mol. The molecule has 156 valence electrons. The molecule has 1 saturated heterocycles. The Hall–Kier alpha value is -2.24. The molecule has 0 unspecified atom stereocenters. The molecule has 1 heterocycles. The van der Waals surface area contributed by atoms with Gasteiger partial charge in [-0.2, -0.15) is 0 Å². The number of benzene rings is 1. The lowest BCUT2D eigenvalue weighted by Crippen LogP contribution is -2.47. The minimum atomic E-state index is 0.00624. The zero-order valence-corrected chi connectivity index (χ0v) is 17.8. The average Bonchev–Trinajstić information content (AvgIpc) is 2.65. The third-order valence-electron chi connectivity index (χ3n) is 4.98. The topological polar surface area (TPSA) is 67.9 Å². The number of aryl methyl sites for hydroxylation is 1. The van der Waals surface area contributed by atoms with Gasteiger partial charge in [-0.05, 0) is 42.4 Å². The summed E-state index contributed by atoms with van der Waals surface area (Å²) < 4.78 is 10.5. The molecule has 0 aliphatic carbocycles. The molecule has 0 saturated carbocycles. The van der Waals surface area contributed by atoms with E-state index in [-0.39, 0.29) is 23.3 Å². The highest BCUT2D eigenvalue weighted by Gasteiger charge is 2.26. The Labute approximate surface area is 168 Å². The number of carbonyl (C=O) groups is 2. The molecule has 1 aliphatic heterocycles. The molecule has 1 aromatic carbocycles. The number of piperidine rings is 1. The summed E-state index contributed by atoms with van der Waals surface area (Å²) >= 11 is 0. The van der Waals surface area contributed by atoms with Crippen LogP contribution < -0.4 is 14.8 Å². The van der Waals surface area contributed by atoms with Crippen LogP contribution in [-0.2, 0) is 16.0 Å². The van der Waals surface area contributed by atoms with Gasteiger partial charge in [0.15, 0.2) is 11.5 Å². The molecule has 1 aliphatic rings. The van der Waals surface area contributed by atoms with Gasteiger partial charge in [0.1, 0.15) is 0 Å². The van der Waals surface area contributed by atoms with Crippen molar-refractivity contribution in [2.45, 2.75) is 58.9 Å². The first-order valence-corrected chi connectivity index (χ1v) is 10.00. The minimum Gasteiger partial charge on any atom is -0.493 e. The molecule has 6 nitrogen and oxygen atoms in total. The number of ether oxygens (including phenoxy) is 2. The van der Waals surface area contributed by atoms with E-state index in [1.165, 1.54) is 0 Å². The Bertz CT molecular complexity index is 674. The fourth-order valence-electron chi connectivity index (χ4n) is 3.43. The third kappa shape index (κ3) is 6.73. The van der Waals surface area contributed by atoms with E-state index < -0.39 is 0 Å². The van der Waals surface area contributed by atoms with Crippen molar-refractivity contribution in [3.63, 3.8) is 0 Å². The fourth-order valence-corrected chi connectivity index (χ4v) is 3.43. The Morgan fingerprint density at radius 3 is 2.32 bits per heavy atom. The van der Waals surface area contributed by atoms with Crippen LogP contribution in [0, 0.1) is 5.41 Å². The van der Waals surface area contributed by atoms with Gasteiger partial charge in [0, 0.05) is 32.0 Å². The van der Waals surface area contributed by atoms with Gasteiger partial charge in [-0.25, -0.2) is 0 Å². The van der Waals surface area contributed by atoms with Crippen molar-refractivity contribution in [1.29, 1.82) is 0 Å². The number of likely N-dealkylation sites (tertiary alicyclic amines) is 1. The Morgan fingerprint density at radius 2 is 1.75 bits per heavy atom. The van der Waals surface area contributed by atoms with Crippen molar-refractivity contribution in [1.82, 2.24) is 10.2 Å². The summed E-state index contributed by atoms with van der Waals surface area (Å²) in [6, 6.07) is 5.87. The standard InChI is InChI=1S/C22H34N2O4/c1-22(2,3)15-21(26)24-12-10-17(11-13-24)23-20(25)9-7-16-6-8-18(27-4)19(14-16)28-5/h6,8,14,17H,7,9-13,15H2,1-5H3,(H,23,25). The lowest BCUT2D eigenvalue weighted by molar-refractivity contribution is -0.134. The molecule has 2 rings (SSSR count). The molecule has 0 aromatic heterocycles. The van der Waals surface area contributed by atoms with E-state index >= 15 is 0 Å². The highest BCUT2D eigenvalue weighted by Crippen LogP contribution is 2.28. The predicted octanol–water partition coefficient (Wildman–Crippen LogP) is 3.18. The number of methoxy groups -OCH3 is 2. The van der Waals surface area contributed by atoms with E-state index in [1.807, 2.05) is 23.1 Å². The molecular formula is C22H34N2O4. The molecule has 0 spiro atoms. The first-order valence-electron chi connectivity index (χ1n) is 10.00. The zero-order chi connectivity index (χ0) is 20.7. The maximum Gasteiger partial charge on any atom is 0.223 e. The molecule has 6 heteroatoms. The monoisotopic (exact) mass is 390 g/mol. The maximum absolute atomic E-state index is 12.3. The highest BCUT2D eigenvalue weighted by atomic mass is 16.5.